The summed E-state index contributed by atoms with van der Waals surface area (Å²) in [4.78, 5) is 38.3. The van der Waals surface area contributed by atoms with Crippen molar-refractivity contribution >= 4 is 29.1 Å². The molecule has 0 bridgehead atoms. The number of hydrazone groups is 1. The van der Waals surface area contributed by atoms with Crippen LogP contribution in [-0.2, 0) is 9.53 Å². The number of rotatable bonds is 7. The van der Waals surface area contributed by atoms with Crippen LogP contribution in [0.2, 0.25) is 0 Å². The molecular formula is C20H21N3O4. The van der Waals surface area contributed by atoms with Crippen LogP contribution in [0.15, 0.2) is 59.7 Å². The number of anilines is 1. The SMILES string of the molecule is COC(=O)/C(CC(=O)c1ccc(N(C)C)cc1)=N\NC(=O)c1ccccc1. The van der Waals surface area contributed by atoms with E-state index in [2.05, 4.69) is 15.3 Å². The average Bonchev–Trinajstić information content (AvgIpc) is 2.70. The summed E-state index contributed by atoms with van der Waals surface area (Å²) in [5, 5.41) is 3.80. The fourth-order valence-corrected chi connectivity index (χ4v) is 2.25. The number of methoxy groups -OCH3 is 1. The van der Waals surface area contributed by atoms with Crippen molar-refractivity contribution in [2.45, 2.75) is 6.42 Å². The van der Waals surface area contributed by atoms with Crippen molar-refractivity contribution in [1.82, 2.24) is 5.43 Å². The molecule has 0 saturated heterocycles. The second kappa shape index (κ2) is 9.28. The maximum Gasteiger partial charge on any atom is 0.354 e. The van der Waals surface area contributed by atoms with E-state index in [1.165, 1.54) is 7.11 Å². The predicted octanol–water partition coefficient (Wildman–Crippen LogP) is 2.28. The Morgan fingerprint density at radius 2 is 1.59 bits per heavy atom. The van der Waals surface area contributed by atoms with Crippen LogP contribution in [0.25, 0.3) is 0 Å². The lowest BCUT2D eigenvalue weighted by atomic mass is 10.1. The van der Waals surface area contributed by atoms with Gasteiger partial charge in [0.25, 0.3) is 5.91 Å². The molecule has 0 aromatic heterocycles. The second-order valence-electron chi connectivity index (χ2n) is 5.90. The largest absolute Gasteiger partial charge is 0.464 e. The van der Waals surface area contributed by atoms with Gasteiger partial charge in [-0.05, 0) is 36.4 Å². The molecule has 27 heavy (non-hydrogen) atoms. The van der Waals surface area contributed by atoms with E-state index in [1.807, 2.05) is 19.0 Å². The summed E-state index contributed by atoms with van der Waals surface area (Å²) >= 11 is 0. The molecule has 140 valence electrons. The standard InChI is InChI=1S/C20H21N3O4/c1-23(2)16-11-9-14(10-12-16)18(24)13-17(20(26)27-3)21-22-19(25)15-7-5-4-6-8-15/h4-12H,13H2,1-3H3,(H,22,25)/b21-17-. The van der Waals surface area contributed by atoms with E-state index in [1.54, 1.807) is 54.6 Å². The molecule has 0 aliphatic heterocycles. The maximum absolute atomic E-state index is 12.5. The van der Waals surface area contributed by atoms with Gasteiger partial charge >= 0.3 is 5.97 Å². The number of carbonyl (C=O) groups is 3. The molecule has 0 heterocycles. The monoisotopic (exact) mass is 367 g/mol. The third-order valence-corrected chi connectivity index (χ3v) is 3.78. The average molecular weight is 367 g/mol. The second-order valence-corrected chi connectivity index (χ2v) is 5.90. The van der Waals surface area contributed by atoms with Gasteiger partial charge in [-0.2, -0.15) is 5.10 Å². The first-order chi connectivity index (χ1) is 12.9. The minimum atomic E-state index is -0.776. The summed E-state index contributed by atoms with van der Waals surface area (Å²) in [5.74, 6) is -1.57. The molecule has 7 nitrogen and oxygen atoms in total. The van der Waals surface area contributed by atoms with Crippen LogP contribution in [0.4, 0.5) is 5.69 Å². The Labute approximate surface area is 157 Å². The molecule has 2 aromatic carbocycles. The fourth-order valence-electron chi connectivity index (χ4n) is 2.25. The quantitative estimate of drug-likeness (QED) is 0.351. The van der Waals surface area contributed by atoms with Gasteiger partial charge in [0.15, 0.2) is 11.5 Å². The van der Waals surface area contributed by atoms with Gasteiger partial charge in [0.05, 0.1) is 13.5 Å². The zero-order valence-electron chi connectivity index (χ0n) is 15.4. The van der Waals surface area contributed by atoms with Crippen molar-refractivity contribution in [3.8, 4) is 0 Å². The van der Waals surface area contributed by atoms with Gasteiger partial charge in [-0.1, -0.05) is 18.2 Å². The zero-order valence-corrected chi connectivity index (χ0v) is 15.4. The summed E-state index contributed by atoms with van der Waals surface area (Å²) in [5.41, 5.74) is 3.88. The number of benzene rings is 2. The number of nitrogens with zero attached hydrogens (tertiary/aromatic N) is 2. The normalized spacial score (nSPS) is 10.9. The number of nitrogens with one attached hydrogen (secondary N) is 1. The molecule has 2 rings (SSSR count). The third-order valence-electron chi connectivity index (χ3n) is 3.78. The highest BCUT2D eigenvalue weighted by Crippen LogP contribution is 2.14. The lowest BCUT2D eigenvalue weighted by Crippen LogP contribution is -2.26. The Bertz CT molecular complexity index is 843. The predicted molar refractivity (Wildman–Crippen MR) is 103 cm³/mol. The van der Waals surface area contributed by atoms with Crippen LogP contribution in [-0.4, -0.2) is 44.6 Å². The van der Waals surface area contributed by atoms with Gasteiger partial charge in [-0.25, -0.2) is 10.2 Å². The van der Waals surface area contributed by atoms with Gasteiger partial charge in [-0.3, -0.25) is 9.59 Å². The Morgan fingerprint density at radius 1 is 0.963 bits per heavy atom. The summed E-state index contributed by atoms with van der Waals surface area (Å²) in [6.07, 6.45) is -0.289. The number of ketones is 1. The highest BCUT2D eigenvalue weighted by atomic mass is 16.5. The van der Waals surface area contributed by atoms with E-state index >= 15 is 0 Å². The van der Waals surface area contributed by atoms with Crippen molar-refractivity contribution in [2.24, 2.45) is 5.10 Å². The van der Waals surface area contributed by atoms with E-state index in [9.17, 15) is 14.4 Å². The summed E-state index contributed by atoms with van der Waals surface area (Å²) in [7, 11) is 4.98. The summed E-state index contributed by atoms with van der Waals surface area (Å²) in [6.45, 7) is 0. The number of esters is 1. The molecule has 0 aliphatic rings. The van der Waals surface area contributed by atoms with Crippen LogP contribution in [0.1, 0.15) is 27.1 Å². The lowest BCUT2D eigenvalue weighted by Gasteiger charge is -2.12. The van der Waals surface area contributed by atoms with E-state index in [0.29, 0.717) is 11.1 Å². The molecule has 0 spiro atoms. The Morgan fingerprint density at radius 3 is 2.15 bits per heavy atom. The smallest absolute Gasteiger partial charge is 0.354 e. The molecular weight excluding hydrogens is 346 g/mol. The number of hydrogen-bond acceptors (Lipinski definition) is 6. The van der Waals surface area contributed by atoms with E-state index in [-0.39, 0.29) is 17.9 Å². The van der Waals surface area contributed by atoms with Crippen LogP contribution >= 0.6 is 0 Å². The van der Waals surface area contributed by atoms with Crippen molar-refractivity contribution in [3.63, 3.8) is 0 Å². The van der Waals surface area contributed by atoms with Crippen LogP contribution < -0.4 is 10.3 Å². The van der Waals surface area contributed by atoms with Gasteiger partial charge in [0.2, 0.25) is 0 Å². The Balaban J connectivity index is 2.12. The van der Waals surface area contributed by atoms with E-state index in [4.69, 9.17) is 0 Å². The first kappa shape index (κ1) is 19.8. The summed E-state index contributed by atoms with van der Waals surface area (Å²) < 4.78 is 4.66. The first-order valence-electron chi connectivity index (χ1n) is 8.23. The summed E-state index contributed by atoms with van der Waals surface area (Å²) in [6, 6.07) is 15.4. The number of carbonyl (C=O) groups excluding carboxylic acids is 3. The van der Waals surface area contributed by atoms with Crippen molar-refractivity contribution in [2.75, 3.05) is 26.1 Å². The molecule has 1 amide bonds. The molecule has 0 saturated carbocycles. The first-order valence-corrected chi connectivity index (χ1v) is 8.23. The number of ether oxygens (including phenoxy) is 1. The molecule has 0 aliphatic carbocycles. The molecule has 2 aromatic rings. The highest BCUT2D eigenvalue weighted by molar-refractivity contribution is 6.40. The van der Waals surface area contributed by atoms with Gasteiger partial charge in [-0.15, -0.1) is 0 Å². The number of Topliss-reactive ketones (excluding diaryl/α,β-unsaturated/α-hetero) is 1. The highest BCUT2D eigenvalue weighted by Gasteiger charge is 2.19. The number of hydrogen-bond donors (Lipinski definition) is 1. The van der Waals surface area contributed by atoms with E-state index in [0.717, 1.165) is 5.69 Å². The Kier molecular flexibility index (Phi) is 6.82. The number of amides is 1. The van der Waals surface area contributed by atoms with Crippen molar-refractivity contribution < 1.29 is 19.1 Å². The minimum absolute atomic E-state index is 0.177. The van der Waals surface area contributed by atoms with Gasteiger partial charge in [0.1, 0.15) is 0 Å². The molecule has 0 radical (unpaired) electrons. The van der Waals surface area contributed by atoms with Crippen molar-refractivity contribution in [1.29, 1.82) is 0 Å². The zero-order chi connectivity index (χ0) is 19.8. The molecule has 7 heteroatoms. The van der Waals surface area contributed by atoms with Crippen molar-refractivity contribution in [3.05, 3.63) is 65.7 Å². The molecule has 0 unspecified atom stereocenters. The molecule has 0 atom stereocenters. The lowest BCUT2D eigenvalue weighted by molar-refractivity contribution is -0.132. The maximum atomic E-state index is 12.5. The molecule has 1 N–H and O–H groups in total. The van der Waals surface area contributed by atoms with Gasteiger partial charge < -0.3 is 9.64 Å². The fraction of sp³-hybridized carbons (Fsp3) is 0.200. The van der Waals surface area contributed by atoms with Crippen LogP contribution in [0, 0.1) is 0 Å². The van der Waals surface area contributed by atoms with Crippen LogP contribution in [0.5, 0.6) is 0 Å². The molecule has 0 fully saturated rings. The topological polar surface area (TPSA) is 88.1 Å². The van der Waals surface area contributed by atoms with Crippen LogP contribution in [0.3, 0.4) is 0 Å². The minimum Gasteiger partial charge on any atom is -0.464 e. The Hall–Kier alpha value is -3.48. The third kappa shape index (κ3) is 5.50. The van der Waals surface area contributed by atoms with E-state index < -0.39 is 11.9 Å². The van der Waals surface area contributed by atoms with Gasteiger partial charge in [0, 0.05) is 30.9 Å².